The quantitative estimate of drug-likeness (QED) is 0.661. The van der Waals surface area contributed by atoms with Crippen molar-refractivity contribution < 1.29 is 9.53 Å². The van der Waals surface area contributed by atoms with Crippen LogP contribution in [-0.2, 0) is 11.2 Å². The topological polar surface area (TPSA) is 64.3 Å². The number of nitrogens with one attached hydrogen (secondary N) is 1. The fourth-order valence-corrected chi connectivity index (χ4v) is 1.63. The summed E-state index contributed by atoms with van der Waals surface area (Å²) in [5.41, 5.74) is 7.21. The van der Waals surface area contributed by atoms with Crippen LogP contribution in [0, 0.1) is 11.8 Å². The minimum atomic E-state index is -0.471. The standard InChI is InChI=1S/C17H24N2O2/c1-17(2,3)21-16(20)19-13-5-4-6-14-7-9-15(10-8-14)11-12-18/h7-10H,5,11-13,18H2,1-3H3,(H,19,20). The van der Waals surface area contributed by atoms with Gasteiger partial charge in [-0.3, -0.25) is 0 Å². The zero-order valence-electron chi connectivity index (χ0n) is 13.0. The first kappa shape index (κ1) is 17.1. The van der Waals surface area contributed by atoms with Crippen LogP contribution < -0.4 is 11.1 Å². The van der Waals surface area contributed by atoms with E-state index in [0.717, 1.165) is 12.0 Å². The van der Waals surface area contributed by atoms with E-state index < -0.39 is 11.7 Å². The summed E-state index contributed by atoms with van der Waals surface area (Å²) in [6, 6.07) is 8.05. The van der Waals surface area contributed by atoms with E-state index in [2.05, 4.69) is 17.2 Å². The van der Waals surface area contributed by atoms with Gasteiger partial charge in [-0.05, 0) is 51.4 Å². The van der Waals surface area contributed by atoms with Crippen molar-refractivity contribution in [1.82, 2.24) is 5.32 Å². The summed E-state index contributed by atoms with van der Waals surface area (Å²) in [5, 5.41) is 2.67. The molecule has 0 radical (unpaired) electrons. The lowest BCUT2D eigenvalue weighted by Crippen LogP contribution is -2.32. The smallest absolute Gasteiger partial charge is 0.407 e. The van der Waals surface area contributed by atoms with Gasteiger partial charge < -0.3 is 15.8 Å². The minimum Gasteiger partial charge on any atom is -0.444 e. The molecule has 0 aliphatic carbocycles. The van der Waals surface area contributed by atoms with Crippen molar-refractivity contribution in [3.8, 4) is 11.8 Å². The highest BCUT2D eigenvalue weighted by Crippen LogP contribution is 2.06. The van der Waals surface area contributed by atoms with E-state index in [1.54, 1.807) is 0 Å². The largest absolute Gasteiger partial charge is 0.444 e. The van der Waals surface area contributed by atoms with E-state index in [4.69, 9.17) is 10.5 Å². The average Bonchev–Trinajstić information content (AvgIpc) is 2.38. The molecule has 3 N–H and O–H groups in total. The van der Waals surface area contributed by atoms with Gasteiger partial charge >= 0.3 is 6.09 Å². The summed E-state index contributed by atoms with van der Waals surface area (Å²) in [6.07, 6.45) is 1.06. The van der Waals surface area contributed by atoms with Crippen molar-refractivity contribution in [1.29, 1.82) is 0 Å². The molecule has 0 bridgehead atoms. The monoisotopic (exact) mass is 288 g/mol. The molecule has 1 aromatic rings. The summed E-state index contributed by atoms with van der Waals surface area (Å²) in [4.78, 5) is 11.4. The van der Waals surface area contributed by atoms with E-state index in [0.29, 0.717) is 19.5 Å². The number of ether oxygens (including phenoxy) is 1. The van der Waals surface area contributed by atoms with Gasteiger partial charge in [-0.25, -0.2) is 4.79 Å². The van der Waals surface area contributed by atoms with Crippen LogP contribution in [0.2, 0.25) is 0 Å². The number of hydrogen-bond acceptors (Lipinski definition) is 3. The van der Waals surface area contributed by atoms with Gasteiger partial charge in [-0.1, -0.05) is 24.0 Å². The molecule has 0 aliphatic heterocycles. The lowest BCUT2D eigenvalue weighted by molar-refractivity contribution is 0.0529. The third kappa shape index (κ3) is 8.01. The summed E-state index contributed by atoms with van der Waals surface area (Å²) in [7, 11) is 0. The molecule has 1 aromatic carbocycles. The first-order valence-electron chi connectivity index (χ1n) is 7.15. The maximum absolute atomic E-state index is 11.4. The van der Waals surface area contributed by atoms with Gasteiger partial charge in [-0.15, -0.1) is 0 Å². The molecule has 1 rings (SSSR count). The number of nitrogens with two attached hydrogens (primary N) is 1. The molecule has 0 atom stereocenters. The Morgan fingerprint density at radius 3 is 2.52 bits per heavy atom. The van der Waals surface area contributed by atoms with Gasteiger partial charge in [0.25, 0.3) is 0 Å². The van der Waals surface area contributed by atoms with Crippen LogP contribution in [0.5, 0.6) is 0 Å². The van der Waals surface area contributed by atoms with E-state index in [-0.39, 0.29) is 0 Å². The maximum atomic E-state index is 11.4. The van der Waals surface area contributed by atoms with E-state index in [1.165, 1.54) is 5.56 Å². The summed E-state index contributed by atoms with van der Waals surface area (Å²) in [5.74, 6) is 6.09. The number of carbonyl (C=O) groups is 1. The molecule has 114 valence electrons. The third-order valence-corrected chi connectivity index (χ3v) is 2.54. The van der Waals surface area contributed by atoms with Crippen LogP contribution in [0.4, 0.5) is 4.79 Å². The van der Waals surface area contributed by atoms with Gasteiger partial charge in [0.1, 0.15) is 5.60 Å². The zero-order valence-corrected chi connectivity index (χ0v) is 13.0. The van der Waals surface area contributed by atoms with Crippen LogP contribution in [0.1, 0.15) is 38.3 Å². The molecule has 4 nitrogen and oxygen atoms in total. The molecule has 0 aliphatic rings. The first-order valence-corrected chi connectivity index (χ1v) is 7.15. The fraction of sp³-hybridized carbons (Fsp3) is 0.471. The van der Waals surface area contributed by atoms with Gasteiger partial charge in [0.2, 0.25) is 0 Å². The van der Waals surface area contributed by atoms with Crippen molar-refractivity contribution in [2.75, 3.05) is 13.1 Å². The highest BCUT2D eigenvalue weighted by Gasteiger charge is 2.15. The zero-order chi connectivity index (χ0) is 15.7. The number of carbonyl (C=O) groups excluding carboxylic acids is 1. The van der Waals surface area contributed by atoms with Gasteiger partial charge in [0, 0.05) is 18.5 Å². The number of alkyl carbamates (subject to hydrolysis) is 1. The first-order chi connectivity index (χ1) is 9.90. The maximum Gasteiger partial charge on any atom is 0.407 e. The van der Waals surface area contributed by atoms with Crippen LogP contribution in [0.3, 0.4) is 0 Å². The average molecular weight is 288 g/mol. The Balaban J connectivity index is 2.31. The summed E-state index contributed by atoms with van der Waals surface area (Å²) >= 11 is 0. The van der Waals surface area contributed by atoms with E-state index >= 15 is 0 Å². The minimum absolute atomic E-state index is 0.407. The lowest BCUT2D eigenvalue weighted by atomic mass is 10.1. The number of rotatable bonds is 4. The van der Waals surface area contributed by atoms with Gasteiger partial charge in [0.05, 0.1) is 0 Å². The lowest BCUT2D eigenvalue weighted by Gasteiger charge is -2.19. The van der Waals surface area contributed by atoms with Crippen LogP contribution in [0.25, 0.3) is 0 Å². The van der Waals surface area contributed by atoms with Crippen molar-refractivity contribution in [3.05, 3.63) is 35.4 Å². The SMILES string of the molecule is CC(C)(C)OC(=O)NCCC#Cc1ccc(CCN)cc1. The second-order valence-corrected chi connectivity index (χ2v) is 5.72. The molecule has 0 heterocycles. The summed E-state index contributed by atoms with van der Waals surface area (Å²) in [6.45, 7) is 6.64. The van der Waals surface area contributed by atoms with Crippen LogP contribution >= 0.6 is 0 Å². The Morgan fingerprint density at radius 1 is 1.29 bits per heavy atom. The Labute approximate surface area is 127 Å². The molecule has 0 fully saturated rings. The molecule has 0 saturated heterocycles. The molecular formula is C17H24N2O2. The van der Waals surface area contributed by atoms with Crippen molar-refractivity contribution >= 4 is 6.09 Å². The Bertz CT molecular complexity index is 504. The normalized spacial score (nSPS) is 10.5. The predicted octanol–water partition coefficient (Wildman–Crippen LogP) is 2.45. The summed E-state index contributed by atoms with van der Waals surface area (Å²) < 4.78 is 5.13. The van der Waals surface area contributed by atoms with Crippen molar-refractivity contribution in [3.63, 3.8) is 0 Å². The molecular weight excluding hydrogens is 264 g/mol. The Kier molecular flexibility index (Phi) is 6.77. The third-order valence-electron chi connectivity index (χ3n) is 2.54. The number of hydrogen-bond donors (Lipinski definition) is 2. The fourth-order valence-electron chi connectivity index (χ4n) is 1.63. The highest BCUT2D eigenvalue weighted by molar-refractivity contribution is 5.67. The van der Waals surface area contributed by atoms with E-state index in [9.17, 15) is 4.79 Å². The Hall–Kier alpha value is -1.99. The van der Waals surface area contributed by atoms with Crippen LogP contribution in [0.15, 0.2) is 24.3 Å². The molecule has 1 amide bonds. The number of amides is 1. The van der Waals surface area contributed by atoms with E-state index in [1.807, 2.05) is 45.0 Å². The molecule has 0 unspecified atom stereocenters. The van der Waals surface area contributed by atoms with Gasteiger partial charge in [-0.2, -0.15) is 0 Å². The molecule has 0 aromatic heterocycles. The van der Waals surface area contributed by atoms with Crippen LogP contribution in [-0.4, -0.2) is 24.8 Å². The second kappa shape index (κ2) is 8.33. The van der Waals surface area contributed by atoms with Gasteiger partial charge in [0.15, 0.2) is 0 Å². The van der Waals surface area contributed by atoms with Crippen molar-refractivity contribution in [2.45, 2.75) is 39.2 Å². The Morgan fingerprint density at radius 2 is 1.95 bits per heavy atom. The second-order valence-electron chi connectivity index (χ2n) is 5.72. The molecule has 21 heavy (non-hydrogen) atoms. The molecule has 4 heteroatoms. The predicted molar refractivity (Wildman–Crippen MR) is 84.9 cm³/mol. The molecule has 0 spiro atoms. The highest BCUT2D eigenvalue weighted by atomic mass is 16.6. The molecule has 0 saturated carbocycles. The number of benzene rings is 1. The van der Waals surface area contributed by atoms with Crippen molar-refractivity contribution in [2.24, 2.45) is 5.73 Å².